The highest BCUT2D eigenvalue weighted by molar-refractivity contribution is 5.82. The molecule has 0 saturated carbocycles. The molecule has 1 rings (SSSR count). The number of nitrogens with one attached hydrogen (secondary N) is 2. The second-order valence-corrected chi connectivity index (χ2v) is 4.47. The first-order valence-electron chi connectivity index (χ1n) is 5.99. The Kier molecular flexibility index (Phi) is 5.56. The lowest BCUT2D eigenvalue weighted by molar-refractivity contribution is -0.142. The van der Waals surface area contributed by atoms with Crippen LogP contribution in [0.3, 0.4) is 0 Å². The third-order valence-corrected chi connectivity index (χ3v) is 2.90. The molecule has 108 valence electrons. The van der Waals surface area contributed by atoms with Crippen LogP contribution in [-0.2, 0) is 14.3 Å². The van der Waals surface area contributed by atoms with Crippen molar-refractivity contribution >= 4 is 18.0 Å². The number of carbonyl (C=O) groups is 3. The van der Waals surface area contributed by atoms with Crippen molar-refractivity contribution in [1.82, 2.24) is 15.5 Å². The van der Waals surface area contributed by atoms with Crippen molar-refractivity contribution in [3.63, 3.8) is 0 Å². The number of aliphatic carboxylic acids is 1. The first-order chi connectivity index (χ1) is 8.92. The standard InChI is InChI=1S/C11H19N3O5/c1-7(15)12-9(10(16)17)6-14-4-3-8(5-14)13-11(18)19-2/h8-9H,3-6H2,1-2H3,(H,12,15)(H,13,18)(H,16,17). The third-order valence-electron chi connectivity index (χ3n) is 2.90. The number of alkyl carbamates (subject to hydrolysis) is 1. The van der Waals surface area contributed by atoms with Crippen molar-refractivity contribution in [1.29, 1.82) is 0 Å². The molecule has 2 unspecified atom stereocenters. The SMILES string of the molecule is COC(=O)NC1CCN(CC(NC(C)=O)C(=O)O)C1. The number of rotatable bonds is 5. The predicted molar refractivity (Wildman–Crippen MR) is 65.6 cm³/mol. The van der Waals surface area contributed by atoms with Crippen molar-refractivity contribution in [2.24, 2.45) is 0 Å². The fourth-order valence-electron chi connectivity index (χ4n) is 2.03. The second kappa shape index (κ2) is 6.93. The van der Waals surface area contributed by atoms with Gasteiger partial charge in [-0.15, -0.1) is 0 Å². The molecule has 19 heavy (non-hydrogen) atoms. The topological polar surface area (TPSA) is 108 Å². The zero-order valence-electron chi connectivity index (χ0n) is 11.0. The van der Waals surface area contributed by atoms with E-state index in [2.05, 4.69) is 15.4 Å². The Balaban J connectivity index is 2.43. The van der Waals surface area contributed by atoms with Gasteiger partial charge in [0.25, 0.3) is 0 Å². The highest BCUT2D eigenvalue weighted by Crippen LogP contribution is 2.10. The lowest BCUT2D eigenvalue weighted by Crippen LogP contribution is -2.48. The van der Waals surface area contributed by atoms with E-state index in [9.17, 15) is 14.4 Å². The highest BCUT2D eigenvalue weighted by atomic mass is 16.5. The number of hydrogen-bond acceptors (Lipinski definition) is 5. The van der Waals surface area contributed by atoms with Gasteiger partial charge in [0.2, 0.25) is 5.91 Å². The summed E-state index contributed by atoms with van der Waals surface area (Å²) >= 11 is 0. The van der Waals surface area contributed by atoms with Gasteiger partial charge in [-0.05, 0) is 6.42 Å². The number of methoxy groups -OCH3 is 1. The summed E-state index contributed by atoms with van der Waals surface area (Å²) in [5, 5.41) is 14.0. The van der Waals surface area contributed by atoms with E-state index in [1.807, 2.05) is 4.90 Å². The quantitative estimate of drug-likeness (QED) is 0.593. The van der Waals surface area contributed by atoms with Crippen LogP contribution in [0.4, 0.5) is 4.79 Å². The summed E-state index contributed by atoms with van der Waals surface area (Å²) in [5.41, 5.74) is 0. The van der Waals surface area contributed by atoms with Crippen molar-refractivity contribution in [3.8, 4) is 0 Å². The average molecular weight is 273 g/mol. The molecule has 0 radical (unpaired) electrons. The Hall–Kier alpha value is -1.83. The predicted octanol–water partition coefficient (Wildman–Crippen LogP) is -0.994. The van der Waals surface area contributed by atoms with Crippen molar-refractivity contribution in [3.05, 3.63) is 0 Å². The van der Waals surface area contributed by atoms with E-state index in [1.54, 1.807) is 0 Å². The van der Waals surface area contributed by atoms with E-state index in [-0.39, 0.29) is 18.5 Å². The van der Waals surface area contributed by atoms with Gasteiger partial charge in [-0.3, -0.25) is 9.69 Å². The van der Waals surface area contributed by atoms with E-state index in [4.69, 9.17) is 5.11 Å². The Morgan fingerprint density at radius 3 is 2.68 bits per heavy atom. The normalized spacial score (nSPS) is 20.6. The molecule has 1 aliphatic heterocycles. The van der Waals surface area contributed by atoms with Gasteiger partial charge in [0.05, 0.1) is 7.11 Å². The highest BCUT2D eigenvalue weighted by Gasteiger charge is 2.28. The maximum atomic E-state index is 11.0. The molecule has 1 heterocycles. The largest absolute Gasteiger partial charge is 0.480 e. The first-order valence-corrected chi connectivity index (χ1v) is 5.99. The van der Waals surface area contributed by atoms with Gasteiger partial charge < -0.3 is 20.5 Å². The molecule has 0 aliphatic carbocycles. The zero-order valence-corrected chi connectivity index (χ0v) is 11.0. The lowest BCUT2D eigenvalue weighted by atomic mass is 10.2. The molecule has 0 aromatic rings. The van der Waals surface area contributed by atoms with Crippen LogP contribution in [0.5, 0.6) is 0 Å². The van der Waals surface area contributed by atoms with Crippen LogP contribution in [0, 0.1) is 0 Å². The van der Waals surface area contributed by atoms with E-state index in [0.29, 0.717) is 13.1 Å². The van der Waals surface area contributed by atoms with E-state index >= 15 is 0 Å². The number of nitrogens with zero attached hydrogens (tertiary/aromatic N) is 1. The molecule has 1 saturated heterocycles. The minimum absolute atomic E-state index is 0.0563. The molecular weight excluding hydrogens is 254 g/mol. The summed E-state index contributed by atoms with van der Waals surface area (Å²) in [6.45, 7) is 2.70. The van der Waals surface area contributed by atoms with Crippen LogP contribution >= 0.6 is 0 Å². The minimum atomic E-state index is -1.07. The number of carboxylic acids is 1. The van der Waals surface area contributed by atoms with E-state index in [0.717, 1.165) is 6.42 Å². The molecule has 0 aromatic carbocycles. The Morgan fingerprint density at radius 2 is 2.16 bits per heavy atom. The first kappa shape index (κ1) is 15.2. The fourth-order valence-corrected chi connectivity index (χ4v) is 2.03. The van der Waals surface area contributed by atoms with Gasteiger partial charge in [-0.2, -0.15) is 0 Å². The molecule has 1 aliphatic rings. The summed E-state index contributed by atoms with van der Waals surface area (Å²) in [7, 11) is 1.29. The Bertz CT molecular complexity index is 360. The Labute approximate surface area is 111 Å². The Morgan fingerprint density at radius 1 is 1.47 bits per heavy atom. The smallest absolute Gasteiger partial charge is 0.407 e. The molecule has 0 aromatic heterocycles. The molecule has 2 amide bonds. The van der Waals surface area contributed by atoms with Gasteiger partial charge in [0.15, 0.2) is 0 Å². The number of amides is 2. The molecule has 3 N–H and O–H groups in total. The van der Waals surface area contributed by atoms with Crippen molar-refractivity contribution in [2.75, 3.05) is 26.7 Å². The molecule has 8 nitrogen and oxygen atoms in total. The van der Waals surface area contributed by atoms with Crippen molar-refractivity contribution < 1.29 is 24.2 Å². The maximum absolute atomic E-state index is 11.0. The van der Waals surface area contributed by atoms with Crippen LogP contribution in [0.2, 0.25) is 0 Å². The molecule has 8 heteroatoms. The average Bonchev–Trinajstić information content (AvgIpc) is 2.74. The van der Waals surface area contributed by atoms with Crippen LogP contribution in [0.25, 0.3) is 0 Å². The summed E-state index contributed by atoms with van der Waals surface area (Å²) in [4.78, 5) is 34.8. The van der Waals surface area contributed by atoms with Gasteiger partial charge in [-0.25, -0.2) is 9.59 Å². The zero-order chi connectivity index (χ0) is 14.4. The number of carboxylic acid groups (broad SMARTS) is 1. The summed E-state index contributed by atoms with van der Waals surface area (Å²) in [6, 6.07) is -0.992. The monoisotopic (exact) mass is 273 g/mol. The van der Waals surface area contributed by atoms with E-state index in [1.165, 1.54) is 14.0 Å². The molecule has 0 bridgehead atoms. The van der Waals surface area contributed by atoms with E-state index < -0.39 is 18.1 Å². The van der Waals surface area contributed by atoms with Crippen LogP contribution in [0.1, 0.15) is 13.3 Å². The van der Waals surface area contributed by atoms with Crippen molar-refractivity contribution in [2.45, 2.75) is 25.4 Å². The number of carbonyl (C=O) groups excluding carboxylic acids is 2. The maximum Gasteiger partial charge on any atom is 0.407 e. The lowest BCUT2D eigenvalue weighted by Gasteiger charge is -2.21. The third kappa shape index (κ3) is 5.12. The second-order valence-electron chi connectivity index (χ2n) is 4.47. The van der Waals surface area contributed by atoms with Crippen LogP contribution in [-0.4, -0.2) is 66.8 Å². The summed E-state index contributed by atoms with van der Waals surface area (Å²) < 4.78 is 4.50. The van der Waals surface area contributed by atoms with Gasteiger partial charge in [0.1, 0.15) is 6.04 Å². The minimum Gasteiger partial charge on any atom is -0.480 e. The van der Waals surface area contributed by atoms with Gasteiger partial charge in [-0.1, -0.05) is 0 Å². The molecule has 2 atom stereocenters. The van der Waals surface area contributed by atoms with Gasteiger partial charge >= 0.3 is 12.1 Å². The van der Waals surface area contributed by atoms with Crippen LogP contribution in [0.15, 0.2) is 0 Å². The molecular formula is C11H19N3O5. The molecule has 0 spiro atoms. The number of likely N-dealkylation sites (tertiary alicyclic amines) is 1. The van der Waals surface area contributed by atoms with Crippen LogP contribution < -0.4 is 10.6 Å². The molecule has 1 fully saturated rings. The number of ether oxygens (including phenoxy) is 1. The number of hydrogen-bond donors (Lipinski definition) is 3. The summed E-state index contributed by atoms with van der Waals surface area (Å²) in [5.74, 6) is -1.45. The van der Waals surface area contributed by atoms with Gasteiger partial charge in [0, 0.05) is 32.6 Å². The summed E-state index contributed by atoms with van der Waals surface area (Å²) in [6.07, 6.45) is 0.227. The fraction of sp³-hybridized carbons (Fsp3) is 0.727.